The van der Waals surface area contributed by atoms with Crippen LogP contribution >= 0.6 is 0 Å². The second-order valence-corrected chi connectivity index (χ2v) is 6.54. The first-order chi connectivity index (χ1) is 12.1. The highest BCUT2D eigenvalue weighted by molar-refractivity contribution is 5.88. The summed E-state index contributed by atoms with van der Waals surface area (Å²) in [6, 6.07) is 7.86. The summed E-state index contributed by atoms with van der Waals surface area (Å²) in [5.41, 5.74) is 1.48. The number of carbonyl (C=O) groups is 1. The maximum Gasteiger partial charge on any atom is 0.237 e. The smallest absolute Gasteiger partial charge is 0.237 e. The molecule has 0 aliphatic heterocycles. The van der Waals surface area contributed by atoms with E-state index in [1.165, 1.54) is 0 Å². The second kappa shape index (κ2) is 7.17. The van der Waals surface area contributed by atoms with Gasteiger partial charge in [0.2, 0.25) is 11.8 Å². The fraction of sp³-hybridized carbons (Fsp3) is 0.474. The molecule has 6 nitrogen and oxygen atoms in total. The Balaban J connectivity index is 1.78. The number of methoxy groups -OCH3 is 2. The van der Waals surface area contributed by atoms with Crippen LogP contribution in [0.25, 0.3) is 0 Å². The van der Waals surface area contributed by atoms with Crippen molar-refractivity contribution in [1.82, 2.24) is 15.1 Å². The normalized spacial score (nSPS) is 15.8. The highest BCUT2D eigenvalue weighted by Gasteiger charge is 2.42. The van der Waals surface area contributed by atoms with Crippen molar-refractivity contribution >= 4 is 5.91 Å². The van der Waals surface area contributed by atoms with Crippen LogP contribution in [-0.4, -0.2) is 29.9 Å². The van der Waals surface area contributed by atoms with Crippen LogP contribution in [0.2, 0.25) is 0 Å². The molecule has 0 radical (unpaired) electrons. The van der Waals surface area contributed by atoms with E-state index in [2.05, 4.69) is 10.4 Å². The average Bonchev–Trinajstić information content (AvgIpc) is 3.27. The van der Waals surface area contributed by atoms with Gasteiger partial charge >= 0.3 is 0 Å². The van der Waals surface area contributed by atoms with Crippen molar-refractivity contribution in [3.63, 3.8) is 0 Å². The summed E-state index contributed by atoms with van der Waals surface area (Å²) < 4.78 is 12.2. The Labute approximate surface area is 148 Å². The monoisotopic (exact) mass is 343 g/mol. The Bertz CT molecular complexity index is 731. The van der Waals surface area contributed by atoms with Crippen molar-refractivity contribution in [2.45, 2.75) is 37.6 Å². The molecule has 2 aromatic rings. The van der Waals surface area contributed by atoms with Crippen LogP contribution in [0.3, 0.4) is 0 Å². The number of hydrogen-bond acceptors (Lipinski definition) is 4. The molecule has 0 atom stereocenters. The van der Waals surface area contributed by atoms with Crippen LogP contribution in [0, 0.1) is 0 Å². The van der Waals surface area contributed by atoms with Gasteiger partial charge in [-0.2, -0.15) is 0 Å². The number of nitrogens with one attached hydrogen (secondary N) is 1. The van der Waals surface area contributed by atoms with Gasteiger partial charge in [-0.05, 0) is 30.5 Å². The largest absolute Gasteiger partial charge is 0.497 e. The van der Waals surface area contributed by atoms with E-state index < -0.39 is 5.41 Å². The highest BCUT2D eigenvalue weighted by Crippen LogP contribution is 2.42. The lowest BCUT2D eigenvalue weighted by molar-refractivity contribution is -0.126. The Kier molecular flexibility index (Phi) is 4.97. The number of hydrogen-bond donors (Lipinski definition) is 1. The van der Waals surface area contributed by atoms with Crippen molar-refractivity contribution in [3.05, 3.63) is 41.6 Å². The van der Waals surface area contributed by atoms with Gasteiger partial charge in [0.25, 0.3) is 0 Å². The Morgan fingerprint density at radius 2 is 1.88 bits per heavy atom. The number of rotatable bonds is 6. The third kappa shape index (κ3) is 3.34. The summed E-state index contributed by atoms with van der Waals surface area (Å²) in [4.78, 5) is 13.1. The maximum atomic E-state index is 13.1. The van der Waals surface area contributed by atoms with Crippen LogP contribution in [-0.2, 0) is 23.8 Å². The summed E-state index contributed by atoms with van der Waals surface area (Å²) in [7, 11) is 5.07. The molecule has 1 aliphatic rings. The molecule has 1 fully saturated rings. The van der Waals surface area contributed by atoms with Crippen molar-refractivity contribution in [1.29, 1.82) is 0 Å². The zero-order chi connectivity index (χ0) is 17.9. The molecule has 0 saturated heterocycles. The van der Waals surface area contributed by atoms with Gasteiger partial charge < -0.3 is 14.8 Å². The lowest BCUT2D eigenvalue weighted by Crippen LogP contribution is -2.42. The van der Waals surface area contributed by atoms with Crippen molar-refractivity contribution in [2.75, 3.05) is 14.2 Å². The van der Waals surface area contributed by atoms with E-state index in [4.69, 9.17) is 9.47 Å². The molecule has 134 valence electrons. The minimum absolute atomic E-state index is 0.0704. The first kappa shape index (κ1) is 17.3. The number of ether oxygens (including phenoxy) is 2. The molecular weight excluding hydrogens is 318 g/mol. The zero-order valence-corrected chi connectivity index (χ0v) is 15.0. The number of carbonyl (C=O) groups excluding carboxylic acids is 1. The van der Waals surface area contributed by atoms with E-state index in [9.17, 15) is 4.79 Å². The van der Waals surface area contributed by atoms with Crippen LogP contribution in [0.4, 0.5) is 0 Å². The molecule has 1 heterocycles. The molecule has 0 spiro atoms. The van der Waals surface area contributed by atoms with Crippen LogP contribution in [0.1, 0.15) is 36.8 Å². The number of aryl methyl sites for hydroxylation is 1. The molecule has 6 heteroatoms. The molecular formula is C19H25N3O3. The molecule has 0 unspecified atom stereocenters. The quantitative estimate of drug-likeness (QED) is 0.875. The molecule has 1 aromatic heterocycles. The minimum Gasteiger partial charge on any atom is -0.497 e. The fourth-order valence-electron chi connectivity index (χ4n) is 3.69. The van der Waals surface area contributed by atoms with Crippen molar-refractivity contribution in [2.24, 2.45) is 7.05 Å². The second-order valence-electron chi connectivity index (χ2n) is 6.54. The van der Waals surface area contributed by atoms with E-state index in [-0.39, 0.29) is 5.91 Å². The van der Waals surface area contributed by atoms with Crippen LogP contribution < -0.4 is 14.8 Å². The summed E-state index contributed by atoms with van der Waals surface area (Å²) in [5.74, 6) is 1.42. The molecule has 1 amide bonds. The summed E-state index contributed by atoms with van der Waals surface area (Å²) in [5, 5.41) is 7.32. The molecule has 0 bridgehead atoms. The van der Waals surface area contributed by atoms with E-state index in [0.29, 0.717) is 12.4 Å². The number of nitrogens with zero attached hydrogens (tertiary/aromatic N) is 2. The molecule has 1 aromatic carbocycles. The summed E-state index contributed by atoms with van der Waals surface area (Å²) >= 11 is 0. The number of aromatic nitrogens is 2. The van der Waals surface area contributed by atoms with Gasteiger partial charge in [0.15, 0.2) is 0 Å². The Morgan fingerprint density at radius 1 is 1.20 bits per heavy atom. The van der Waals surface area contributed by atoms with Gasteiger partial charge in [-0.1, -0.05) is 25.0 Å². The zero-order valence-electron chi connectivity index (χ0n) is 15.0. The lowest BCUT2D eigenvalue weighted by Gasteiger charge is -2.28. The minimum atomic E-state index is -0.457. The molecule has 1 N–H and O–H groups in total. The van der Waals surface area contributed by atoms with Gasteiger partial charge in [0.05, 0.1) is 25.2 Å². The van der Waals surface area contributed by atoms with E-state index in [1.807, 2.05) is 37.5 Å². The third-order valence-corrected chi connectivity index (χ3v) is 5.03. The molecule has 1 saturated carbocycles. The maximum absolute atomic E-state index is 13.1. The molecule has 1 aliphatic carbocycles. The number of benzene rings is 1. The topological polar surface area (TPSA) is 65.4 Å². The fourth-order valence-corrected chi connectivity index (χ4v) is 3.69. The van der Waals surface area contributed by atoms with Crippen molar-refractivity contribution in [3.8, 4) is 11.6 Å². The predicted octanol–water partition coefficient (Wildman–Crippen LogP) is 2.57. The predicted molar refractivity (Wildman–Crippen MR) is 94.7 cm³/mol. The highest BCUT2D eigenvalue weighted by atomic mass is 16.5. The first-order valence-electron chi connectivity index (χ1n) is 8.58. The number of amides is 1. The van der Waals surface area contributed by atoms with E-state index in [0.717, 1.165) is 42.6 Å². The van der Waals surface area contributed by atoms with Crippen molar-refractivity contribution < 1.29 is 14.3 Å². The van der Waals surface area contributed by atoms with Gasteiger partial charge in [0, 0.05) is 19.8 Å². The van der Waals surface area contributed by atoms with E-state index >= 15 is 0 Å². The van der Waals surface area contributed by atoms with Crippen LogP contribution in [0.15, 0.2) is 30.5 Å². The van der Waals surface area contributed by atoms with E-state index in [1.54, 1.807) is 18.9 Å². The third-order valence-electron chi connectivity index (χ3n) is 5.03. The summed E-state index contributed by atoms with van der Waals surface area (Å²) in [6.45, 7) is 0.410. The molecule has 3 rings (SSSR count). The Hall–Kier alpha value is -2.50. The van der Waals surface area contributed by atoms with Gasteiger partial charge in [-0.15, -0.1) is 5.10 Å². The standard InChI is InChI=1S/C19H25N3O3/c1-22-13-14(17(21-22)25-3)12-20-18(23)19(10-4-5-11-19)15-6-8-16(24-2)9-7-15/h6-9,13H,4-5,10-12H2,1-3H3,(H,20,23). The lowest BCUT2D eigenvalue weighted by atomic mass is 9.78. The van der Waals surface area contributed by atoms with Gasteiger partial charge in [0.1, 0.15) is 5.75 Å². The SMILES string of the molecule is COc1ccc(C2(C(=O)NCc3cn(C)nc3OC)CCCC2)cc1. The summed E-state index contributed by atoms with van der Waals surface area (Å²) in [6.07, 6.45) is 5.74. The van der Waals surface area contributed by atoms with Crippen LogP contribution in [0.5, 0.6) is 11.6 Å². The first-order valence-corrected chi connectivity index (χ1v) is 8.58. The molecule has 25 heavy (non-hydrogen) atoms. The van der Waals surface area contributed by atoms with Gasteiger partial charge in [-0.3, -0.25) is 9.48 Å². The van der Waals surface area contributed by atoms with Gasteiger partial charge in [-0.25, -0.2) is 0 Å². The average molecular weight is 343 g/mol. The Morgan fingerprint density at radius 3 is 2.48 bits per heavy atom.